The van der Waals surface area contributed by atoms with Crippen LogP contribution in [0.15, 0.2) is 66.9 Å². The molecule has 3 aromatic rings. The molecule has 4 rings (SSSR count). The van der Waals surface area contributed by atoms with E-state index in [1.165, 1.54) is 0 Å². The molecule has 2 aromatic carbocycles. The molecule has 0 N–H and O–H groups in total. The summed E-state index contributed by atoms with van der Waals surface area (Å²) in [7, 11) is 1.64. The minimum atomic E-state index is -0.0125. The summed E-state index contributed by atoms with van der Waals surface area (Å²) in [6.07, 6.45) is 3.53. The van der Waals surface area contributed by atoms with Gasteiger partial charge in [-0.3, -0.25) is 9.78 Å². The number of methoxy groups -OCH3 is 1. The monoisotopic (exact) mass is 392 g/mol. The van der Waals surface area contributed by atoms with Gasteiger partial charge in [0.25, 0.3) is 5.91 Å². The number of likely N-dealkylation sites (tertiary alicyclic amines) is 1. The van der Waals surface area contributed by atoms with E-state index in [2.05, 4.69) is 4.98 Å². The lowest BCUT2D eigenvalue weighted by atomic mass is 10.0. The van der Waals surface area contributed by atoms with Gasteiger partial charge in [-0.1, -0.05) is 41.9 Å². The van der Waals surface area contributed by atoms with Gasteiger partial charge in [-0.2, -0.15) is 0 Å². The molecule has 142 valence electrons. The number of carbonyl (C=O) groups is 1. The Morgan fingerprint density at radius 3 is 2.64 bits per heavy atom. The first-order valence-electron chi connectivity index (χ1n) is 9.34. The summed E-state index contributed by atoms with van der Waals surface area (Å²) in [6.45, 7) is 0.725. The molecule has 0 saturated carbocycles. The molecule has 0 bridgehead atoms. The van der Waals surface area contributed by atoms with Crippen LogP contribution in [0.1, 0.15) is 34.8 Å². The maximum atomic E-state index is 13.1. The first-order valence-corrected chi connectivity index (χ1v) is 9.71. The summed E-state index contributed by atoms with van der Waals surface area (Å²) in [5, 5.41) is 0.705. The molecule has 4 nitrogen and oxygen atoms in total. The van der Waals surface area contributed by atoms with Crippen LogP contribution in [0, 0.1) is 0 Å². The second kappa shape index (κ2) is 8.03. The SMILES string of the molecule is COc1ccccc1-c1ccc(C(=O)N2CCC[C@@H]2c2ccccc2Cl)cn1. The molecule has 0 spiro atoms. The van der Waals surface area contributed by atoms with Crippen LogP contribution in [0.5, 0.6) is 5.75 Å². The molecule has 1 aromatic heterocycles. The van der Waals surface area contributed by atoms with Crippen LogP contribution in [-0.4, -0.2) is 29.4 Å². The van der Waals surface area contributed by atoms with E-state index in [9.17, 15) is 4.79 Å². The lowest BCUT2D eigenvalue weighted by Gasteiger charge is -2.26. The van der Waals surface area contributed by atoms with Crippen molar-refractivity contribution < 1.29 is 9.53 Å². The molecule has 1 amide bonds. The summed E-state index contributed by atoms with van der Waals surface area (Å²) in [5.74, 6) is 0.744. The number of amides is 1. The zero-order valence-corrected chi connectivity index (χ0v) is 16.4. The van der Waals surface area contributed by atoms with Crippen LogP contribution < -0.4 is 4.74 Å². The van der Waals surface area contributed by atoms with Gasteiger partial charge in [0.2, 0.25) is 0 Å². The molecule has 1 saturated heterocycles. The molecule has 0 aliphatic carbocycles. The molecule has 0 radical (unpaired) electrons. The van der Waals surface area contributed by atoms with Crippen LogP contribution in [0.25, 0.3) is 11.3 Å². The Bertz CT molecular complexity index is 988. The van der Waals surface area contributed by atoms with Crippen molar-refractivity contribution in [3.8, 4) is 17.0 Å². The second-order valence-electron chi connectivity index (χ2n) is 6.81. The van der Waals surface area contributed by atoms with Gasteiger partial charge >= 0.3 is 0 Å². The molecule has 2 heterocycles. The molecule has 1 aliphatic rings. The smallest absolute Gasteiger partial charge is 0.255 e. The van der Waals surface area contributed by atoms with E-state index in [0.717, 1.165) is 42.0 Å². The fourth-order valence-electron chi connectivity index (χ4n) is 3.78. The van der Waals surface area contributed by atoms with Gasteiger partial charge in [0.05, 0.1) is 24.4 Å². The van der Waals surface area contributed by atoms with E-state index in [0.29, 0.717) is 10.6 Å². The highest BCUT2D eigenvalue weighted by atomic mass is 35.5. The average Bonchev–Trinajstić information content (AvgIpc) is 3.23. The predicted molar refractivity (Wildman–Crippen MR) is 111 cm³/mol. The molecule has 28 heavy (non-hydrogen) atoms. The van der Waals surface area contributed by atoms with Crippen molar-refractivity contribution in [2.45, 2.75) is 18.9 Å². The van der Waals surface area contributed by atoms with Crippen molar-refractivity contribution in [1.29, 1.82) is 0 Å². The number of para-hydroxylation sites is 1. The van der Waals surface area contributed by atoms with Gasteiger partial charge in [0, 0.05) is 23.3 Å². The number of hydrogen-bond donors (Lipinski definition) is 0. The van der Waals surface area contributed by atoms with Crippen molar-refractivity contribution in [1.82, 2.24) is 9.88 Å². The topological polar surface area (TPSA) is 42.4 Å². The number of hydrogen-bond acceptors (Lipinski definition) is 3. The summed E-state index contributed by atoms with van der Waals surface area (Å²) >= 11 is 6.38. The second-order valence-corrected chi connectivity index (χ2v) is 7.22. The largest absolute Gasteiger partial charge is 0.496 e. The van der Waals surface area contributed by atoms with Crippen molar-refractivity contribution in [3.05, 3.63) is 83.0 Å². The van der Waals surface area contributed by atoms with Crippen molar-refractivity contribution in [3.63, 3.8) is 0 Å². The fraction of sp³-hybridized carbons (Fsp3) is 0.217. The molecule has 1 aliphatic heterocycles. The van der Waals surface area contributed by atoms with Crippen molar-refractivity contribution >= 4 is 17.5 Å². The molecular formula is C23H21ClN2O2. The lowest BCUT2D eigenvalue weighted by Crippen LogP contribution is -2.30. The average molecular weight is 393 g/mol. The van der Waals surface area contributed by atoms with E-state index in [1.54, 1.807) is 13.3 Å². The van der Waals surface area contributed by atoms with Crippen LogP contribution >= 0.6 is 11.6 Å². The molecule has 0 unspecified atom stereocenters. The normalized spacial score (nSPS) is 16.2. The van der Waals surface area contributed by atoms with E-state index in [1.807, 2.05) is 65.6 Å². The highest BCUT2D eigenvalue weighted by Gasteiger charge is 2.31. The van der Waals surface area contributed by atoms with Gasteiger partial charge in [0.15, 0.2) is 0 Å². The first-order chi connectivity index (χ1) is 13.7. The number of ether oxygens (including phenoxy) is 1. The van der Waals surface area contributed by atoms with E-state index in [4.69, 9.17) is 16.3 Å². The predicted octanol–water partition coefficient (Wildman–Crippen LogP) is 5.39. The molecule has 1 fully saturated rings. The van der Waals surface area contributed by atoms with E-state index >= 15 is 0 Å². The van der Waals surface area contributed by atoms with Crippen LogP contribution in [0.4, 0.5) is 0 Å². The zero-order valence-electron chi connectivity index (χ0n) is 15.6. The Labute approximate surface area is 169 Å². The lowest BCUT2D eigenvalue weighted by molar-refractivity contribution is 0.0735. The summed E-state index contributed by atoms with van der Waals surface area (Å²) in [4.78, 5) is 19.5. The maximum Gasteiger partial charge on any atom is 0.255 e. The maximum absolute atomic E-state index is 13.1. The standard InChI is InChI=1S/C23H21ClN2O2/c1-28-22-11-5-3-8-18(22)20-13-12-16(15-25-20)23(27)26-14-6-10-21(26)17-7-2-4-9-19(17)24/h2-5,7-9,11-13,15,21H,6,10,14H2,1H3/t21-/m1/s1. The number of aromatic nitrogens is 1. The Hall–Kier alpha value is -2.85. The Kier molecular flexibility index (Phi) is 5.31. The van der Waals surface area contributed by atoms with Crippen molar-refractivity contribution in [2.24, 2.45) is 0 Å². The molecule has 5 heteroatoms. The van der Waals surface area contributed by atoms with Gasteiger partial charge < -0.3 is 9.64 Å². The minimum absolute atomic E-state index is 0.00935. The number of benzene rings is 2. The Morgan fingerprint density at radius 2 is 1.89 bits per heavy atom. The number of halogens is 1. The highest BCUT2D eigenvalue weighted by Crippen LogP contribution is 2.36. The van der Waals surface area contributed by atoms with Crippen molar-refractivity contribution in [2.75, 3.05) is 13.7 Å². The Morgan fingerprint density at radius 1 is 1.11 bits per heavy atom. The van der Waals surface area contributed by atoms with Crippen LogP contribution in [0.3, 0.4) is 0 Å². The van der Waals surface area contributed by atoms with E-state index in [-0.39, 0.29) is 11.9 Å². The number of pyridine rings is 1. The third-order valence-corrected chi connectivity index (χ3v) is 5.52. The number of carbonyl (C=O) groups excluding carboxylic acids is 1. The van der Waals surface area contributed by atoms with Crippen LogP contribution in [0.2, 0.25) is 5.02 Å². The first kappa shape index (κ1) is 18.5. The molecular weight excluding hydrogens is 372 g/mol. The van der Waals surface area contributed by atoms with Crippen LogP contribution in [-0.2, 0) is 0 Å². The molecule has 1 atom stereocenters. The number of nitrogens with zero attached hydrogens (tertiary/aromatic N) is 2. The van der Waals surface area contributed by atoms with Gasteiger partial charge in [-0.05, 0) is 48.7 Å². The third-order valence-electron chi connectivity index (χ3n) is 5.17. The minimum Gasteiger partial charge on any atom is -0.496 e. The number of rotatable bonds is 4. The summed E-state index contributed by atoms with van der Waals surface area (Å²) in [5.41, 5.74) is 3.27. The Balaban J connectivity index is 1.59. The zero-order chi connectivity index (χ0) is 19.5. The third kappa shape index (κ3) is 3.48. The van der Waals surface area contributed by atoms with Gasteiger partial charge in [-0.25, -0.2) is 0 Å². The van der Waals surface area contributed by atoms with Gasteiger partial charge in [-0.15, -0.1) is 0 Å². The van der Waals surface area contributed by atoms with E-state index < -0.39 is 0 Å². The quantitative estimate of drug-likeness (QED) is 0.598. The summed E-state index contributed by atoms with van der Waals surface area (Å²) in [6, 6.07) is 19.2. The fourth-order valence-corrected chi connectivity index (χ4v) is 4.04. The summed E-state index contributed by atoms with van der Waals surface area (Å²) < 4.78 is 5.41. The van der Waals surface area contributed by atoms with Gasteiger partial charge in [0.1, 0.15) is 5.75 Å². The highest BCUT2D eigenvalue weighted by molar-refractivity contribution is 6.31.